The van der Waals surface area contributed by atoms with Crippen LogP contribution in [-0.2, 0) is 0 Å². The van der Waals surface area contributed by atoms with Crippen LogP contribution in [0.1, 0.15) is 33.4 Å². The summed E-state index contributed by atoms with van der Waals surface area (Å²) in [6, 6.07) is 63.3. The fourth-order valence-corrected chi connectivity index (χ4v) is 8.63. The van der Waals surface area contributed by atoms with E-state index < -0.39 is 0 Å². The molecule has 220 valence electrons. The van der Waals surface area contributed by atoms with Crippen molar-refractivity contribution in [2.75, 3.05) is 0 Å². The predicted molar refractivity (Wildman–Crippen MR) is 205 cm³/mol. The molecular formula is C48H28. The van der Waals surface area contributed by atoms with E-state index in [2.05, 4.69) is 170 Å². The van der Waals surface area contributed by atoms with E-state index in [-0.39, 0.29) is 0 Å². The lowest BCUT2D eigenvalue weighted by molar-refractivity contribution is 1.58. The molecule has 0 atom stereocenters. The number of rotatable bonds is 2. The zero-order chi connectivity index (χ0) is 31.3. The first-order chi connectivity index (χ1) is 23.8. The Morgan fingerprint density at radius 1 is 0.188 bits per heavy atom. The molecule has 11 rings (SSSR count). The Balaban J connectivity index is 1.35. The van der Waals surface area contributed by atoms with Crippen LogP contribution in [0.25, 0.3) is 76.2 Å². The Labute approximate surface area is 278 Å². The van der Waals surface area contributed by atoms with Gasteiger partial charge in [-0.05, 0) is 134 Å². The van der Waals surface area contributed by atoms with Crippen LogP contribution in [0, 0.1) is 0 Å². The lowest BCUT2D eigenvalue weighted by atomic mass is 9.87. The van der Waals surface area contributed by atoms with E-state index in [1.807, 2.05) is 0 Å². The molecule has 0 nitrogen and oxygen atoms in total. The summed E-state index contributed by atoms with van der Waals surface area (Å²) in [5, 5.41) is 12.8. The highest BCUT2D eigenvalue weighted by molar-refractivity contribution is 6.38. The lowest BCUT2D eigenvalue weighted by Gasteiger charge is -2.16. The van der Waals surface area contributed by atoms with Crippen molar-refractivity contribution >= 4 is 76.2 Å². The van der Waals surface area contributed by atoms with Gasteiger partial charge in [0.25, 0.3) is 0 Å². The van der Waals surface area contributed by atoms with Crippen molar-refractivity contribution in [3.8, 4) is 0 Å². The highest BCUT2D eigenvalue weighted by atomic mass is 14.4. The summed E-state index contributed by atoms with van der Waals surface area (Å²) in [6.07, 6.45) is 0. The smallest absolute Gasteiger partial charge is 0.000718 e. The van der Waals surface area contributed by atoms with E-state index in [4.69, 9.17) is 0 Å². The van der Waals surface area contributed by atoms with Crippen molar-refractivity contribution < 1.29 is 0 Å². The third-order valence-corrected chi connectivity index (χ3v) is 10.7. The summed E-state index contributed by atoms with van der Waals surface area (Å²) in [5.41, 5.74) is 13.2. The minimum atomic E-state index is 1.26. The summed E-state index contributed by atoms with van der Waals surface area (Å²) in [5.74, 6) is 0. The predicted octanol–water partition coefficient (Wildman–Crippen LogP) is 12.7. The number of fused-ring (bicyclic) bond motifs is 11. The molecule has 2 aliphatic carbocycles. The summed E-state index contributed by atoms with van der Waals surface area (Å²) in [7, 11) is 0. The number of hydrogen-bond donors (Lipinski definition) is 0. The number of benzene rings is 9. The average Bonchev–Trinajstić information content (AvgIpc) is 3.63. The Morgan fingerprint density at radius 2 is 0.562 bits per heavy atom. The van der Waals surface area contributed by atoms with E-state index in [0.717, 1.165) is 0 Å². The van der Waals surface area contributed by atoms with Gasteiger partial charge >= 0.3 is 0 Å². The zero-order valence-electron chi connectivity index (χ0n) is 26.2. The van der Waals surface area contributed by atoms with Crippen LogP contribution in [0.5, 0.6) is 0 Å². The lowest BCUT2D eigenvalue weighted by Crippen LogP contribution is -1.95. The fraction of sp³-hybridized carbons (Fsp3) is 0. The maximum absolute atomic E-state index is 2.45. The third-order valence-electron chi connectivity index (χ3n) is 10.7. The SMILES string of the molecule is c1ccc2cc3c(cc2c1)C1=C(c2cccc4c2ccc2ccccc24)c2cc4ccccc4cc2C1=C3c1cccc2ccccc12. The molecule has 9 aromatic rings. The van der Waals surface area contributed by atoms with Crippen molar-refractivity contribution in [3.05, 3.63) is 203 Å². The van der Waals surface area contributed by atoms with Gasteiger partial charge in [-0.25, -0.2) is 0 Å². The molecule has 0 unspecified atom stereocenters. The van der Waals surface area contributed by atoms with Gasteiger partial charge in [0.15, 0.2) is 0 Å². The highest BCUT2D eigenvalue weighted by Crippen LogP contribution is 2.60. The average molecular weight is 605 g/mol. The molecule has 0 spiro atoms. The summed E-state index contributed by atoms with van der Waals surface area (Å²) in [6.45, 7) is 0. The molecule has 0 bridgehead atoms. The first-order valence-electron chi connectivity index (χ1n) is 16.8. The number of hydrogen-bond acceptors (Lipinski definition) is 0. The van der Waals surface area contributed by atoms with Crippen LogP contribution in [-0.4, -0.2) is 0 Å². The largest absolute Gasteiger partial charge is 0.0616 e. The Kier molecular flexibility index (Phi) is 5.20. The molecule has 0 saturated carbocycles. The second-order valence-electron chi connectivity index (χ2n) is 13.2. The molecule has 0 aliphatic heterocycles. The molecule has 0 heteroatoms. The van der Waals surface area contributed by atoms with Gasteiger partial charge in [0.2, 0.25) is 0 Å². The van der Waals surface area contributed by atoms with E-state index >= 15 is 0 Å². The molecule has 48 heavy (non-hydrogen) atoms. The van der Waals surface area contributed by atoms with Crippen LogP contribution < -0.4 is 0 Å². The van der Waals surface area contributed by atoms with Crippen molar-refractivity contribution in [2.24, 2.45) is 0 Å². The van der Waals surface area contributed by atoms with Gasteiger partial charge < -0.3 is 0 Å². The molecule has 0 aromatic heterocycles. The van der Waals surface area contributed by atoms with Gasteiger partial charge in [-0.3, -0.25) is 0 Å². The van der Waals surface area contributed by atoms with Crippen LogP contribution in [0.15, 0.2) is 170 Å². The van der Waals surface area contributed by atoms with Crippen LogP contribution in [0.4, 0.5) is 0 Å². The Hall–Kier alpha value is -6.24. The number of allylic oxidation sites excluding steroid dienone is 2. The van der Waals surface area contributed by atoms with Crippen molar-refractivity contribution in [1.29, 1.82) is 0 Å². The maximum atomic E-state index is 2.45. The Morgan fingerprint density at radius 3 is 1.12 bits per heavy atom. The monoisotopic (exact) mass is 604 g/mol. The van der Waals surface area contributed by atoms with Crippen LogP contribution in [0.3, 0.4) is 0 Å². The third kappa shape index (κ3) is 3.49. The molecule has 0 saturated heterocycles. The molecule has 0 heterocycles. The second kappa shape index (κ2) is 9.64. The van der Waals surface area contributed by atoms with Crippen molar-refractivity contribution in [2.45, 2.75) is 0 Å². The van der Waals surface area contributed by atoms with Gasteiger partial charge in [0.1, 0.15) is 0 Å². The van der Waals surface area contributed by atoms with E-state index in [1.165, 1.54) is 110 Å². The van der Waals surface area contributed by atoms with Gasteiger partial charge in [0, 0.05) is 0 Å². The van der Waals surface area contributed by atoms with E-state index in [1.54, 1.807) is 0 Å². The topological polar surface area (TPSA) is 0 Å². The fourth-order valence-electron chi connectivity index (χ4n) is 8.63. The highest BCUT2D eigenvalue weighted by Gasteiger charge is 2.38. The molecule has 0 radical (unpaired) electrons. The first kappa shape index (κ1) is 25.9. The Bertz CT molecular complexity index is 2930. The normalized spacial score (nSPS) is 13.7. The van der Waals surface area contributed by atoms with Crippen LogP contribution in [0.2, 0.25) is 0 Å². The molecule has 0 N–H and O–H groups in total. The molecule has 0 amide bonds. The molecule has 2 aliphatic rings. The van der Waals surface area contributed by atoms with Gasteiger partial charge in [0.05, 0.1) is 0 Å². The first-order valence-corrected chi connectivity index (χ1v) is 16.8. The standard InChI is InChI=1S/C48H28/c1-3-15-33-27-43-41(25-31(33)13-1)45(39-21-9-17-29-11-5-8-19-36(29)39)47-44-28-34-16-4-2-14-32(34)26-42(44)46(48(43)47)40-22-10-20-37-35-18-7-6-12-30(35)23-24-38(37)40/h1-28H. The van der Waals surface area contributed by atoms with Crippen LogP contribution >= 0.6 is 0 Å². The molecular weight excluding hydrogens is 577 g/mol. The molecule has 0 fully saturated rings. The van der Waals surface area contributed by atoms with E-state index in [9.17, 15) is 0 Å². The van der Waals surface area contributed by atoms with Gasteiger partial charge in [-0.2, -0.15) is 0 Å². The quantitative estimate of drug-likeness (QED) is 0.172. The summed E-state index contributed by atoms with van der Waals surface area (Å²) >= 11 is 0. The molecule has 9 aromatic carbocycles. The van der Waals surface area contributed by atoms with Gasteiger partial charge in [-0.15, -0.1) is 0 Å². The minimum Gasteiger partial charge on any atom is -0.0616 e. The maximum Gasteiger partial charge on any atom is -0.000718 e. The van der Waals surface area contributed by atoms with Gasteiger partial charge in [-0.1, -0.05) is 146 Å². The summed E-state index contributed by atoms with van der Waals surface area (Å²) < 4.78 is 0. The second-order valence-corrected chi connectivity index (χ2v) is 13.2. The minimum absolute atomic E-state index is 1.26. The van der Waals surface area contributed by atoms with Crippen molar-refractivity contribution in [1.82, 2.24) is 0 Å². The summed E-state index contributed by atoms with van der Waals surface area (Å²) in [4.78, 5) is 0. The van der Waals surface area contributed by atoms with Crippen molar-refractivity contribution in [3.63, 3.8) is 0 Å². The van der Waals surface area contributed by atoms with E-state index in [0.29, 0.717) is 0 Å². The zero-order valence-corrected chi connectivity index (χ0v) is 26.2.